The summed E-state index contributed by atoms with van der Waals surface area (Å²) in [6.07, 6.45) is 1.29. The van der Waals surface area contributed by atoms with Gasteiger partial charge in [-0.25, -0.2) is 4.98 Å². The number of hydrogen-bond donors (Lipinski definition) is 1. The number of rotatable bonds is 3. The van der Waals surface area contributed by atoms with Crippen molar-refractivity contribution in [2.75, 3.05) is 5.32 Å². The number of anilines is 1. The summed E-state index contributed by atoms with van der Waals surface area (Å²) in [5, 5.41) is 13.3. The second-order valence-electron chi connectivity index (χ2n) is 4.17. The Labute approximate surface area is 122 Å². The van der Waals surface area contributed by atoms with Gasteiger partial charge in [0.25, 0.3) is 11.6 Å². The lowest BCUT2D eigenvalue weighted by Gasteiger charge is -2.06. The molecule has 0 radical (unpaired) electrons. The van der Waals surface area contributed by atoms with Crippen molar-refractivity contribution < 1.29 is 9.72 Å². The van der Waals surface area contributed by atoms with Crippen LogP contribution in [-0.2, 0) is 7.05 Å². The molecule has 0 saturated carbocycles. The van der Waals surface area contributed by atoms with Gasteiger partial charge in [0.15, 0.2) is 0 Å². The Balaban J connectivity index is 2.23. The first-order valence-corrected chi connectivity index (χ1v) is 6.43. The van der Waals surface area contributed by atoms with Gasteiger partial charge in [0.1, 0.15) is 11.5 Å². The molecule has 0 bridgehead atoms. The van der Waals surface area contributed by atoms with Crippen LogP contribution in [0, 0.1) is 17.0 Å². The number of nitrogens with zero attached hydrogens (tertiary/aromatic N) is 3. The first-order chi connectivity index (χ1) is 9.38. The molecule has 1 amide bonds. The van der Waals surface area contributed by atoms with E-state index in [1.807, 2.05) is 0 Å². The molecule has 0 spiro atoms. The number of amides is 1. The summed E-state index contributed by atoms with van der Waals surface area (Å²) in [7, 11) is 1.57. The average molecular weight is 339 g/mol. The van der Waals surface area contributed by atoms with E-state index in [2.05, 4.69) is 26.2 Å². The molecule has 0 aromatic carbocycles. The lowest BCUT2D eigenvalue weighted by atomic mass is 10.3. The van der Waals surface area contributed by atoms with Gasteiger partial charge >= 0.3 is 0 Å². The van der Waals surface area contributed by atoms with Crippen LogP contribution in [0.4, 0.5) is 11.5 Å². The second-order valence-corrected chi connectivity index (χ2v) is 5.02. The largest absolute Gasteiger partial charge is 0.340 e. The predicted octanol–water partition coefficient (Wildman–Crippen LogP) is 2.65. The highest BCUT2D eigenvalue weighted by molar-refractivity contribution is 9.10. The number of nitrogens with one attached hydrogen (secondary N) is 1. The molecule has 2 rings (SSSR count). The third kappa shape index (κ3) is 2.85. The summed E-state index contributed by atoms with van der Waals surface area (Å²) >= 11 is 3.32. The minimum Gasteiger partial charge on any atom is -0.340 e. The van der Waals surface area contributed by atoms with Gasteiger partial charge in [-0.3, -0.25) is 14.9 Å². The molecule has 104 valence electrons. The smallest absolute Gasteiger partial charge is 0.287 e. The Bertz CT molecular complexity index is 696. The molecule has 20 heavy (non-hydrogen) atoms. The fourth-order valence-corrected chi connectivity index (χ4v) is 1.89. The molecule has 2 heterocycles. The highest BCUT2D eigenvalue weighted by atomic mass is 79.9. The number of nitro groups is 1. The molecule has 0 aliphatic heterocycles. The van der Waals surface area contributed by atoms with Crippen LogP contribution >= 0.6 is 15.9 Å². The van der Waals surface area contributed by atoms with E-state index < -0.39 is 10.8 Å². The average Bonchev–Trinajstić information content (AvgIpc) is 2.76. The minimum atomic E-state index is -0.543. The van der Waals surface area contributed by atoms with Gasteiger partial charge in [0.2, 0.25) is 0 Å². The maximum atomic E-state index is 12.1. The topological polar surface area (TPSA) is 90.1 Å². The number of aromatic nitrogens is 2. The van der Waals surface area contributed by atoms with E-state index in [4.69, 9.17) is 0 Å². The zero-order valence-electron chi connectivity index (χ0n) is 10.8. The van der Waals surface area contributed by atoms with Gasteiger partial charge < -0.3 is 9.88 Å². The molecule has 0 atom stereocenters. The zero-order chi connectivity index (χ0) is 14.9. The number of hydrogen-bond acceptors (Lipinski definition) is 4. The standard InChI is InChI=1S/C12H11BrN4O3/c1-7-9(13)3-4-11(14-7)15-12(18)10-5-8(17(19)20)6-16(10)2/h3-6H,1-2H3,(H,14,15,18). The maximum absolute atomic E-state index is 12.1. The van der Waals surface area contributed by atoms with Crippen molar-refractivity contribution in [2.24, 2.45) is 7.05 Å². The van der Waals surface area contributed by atoms with E-state index in [0.29, 0.717) is 5.82 Å². The molecular formula is C12H11BrN4O3. The van der Waals surface area contributed by atoms with E-state index in [-0.39, 0.29) is 11.4 Å². The lowest BCUT2D eigenvalue weighted by molar-refractivity contribution is -0.384. The molecule has 0 saturated heterocycles. The van der Waals surface area contributed by atoms with E-state index in [1.165, 1.54) is 16.8 Å². The van der Waals surface area contributed by atoms with Crippen molar-refractivity contribution in [1.29, 1.82) is 0 Å². The fraction of sp³-hybridized carbons (Fsp3) is 0.167. The summed E-state index contributed by atoms with van der Waals surface area (Å²) in [6, 6.07) is 4.64. The van der Waals surface area contributed by atoms with Crippen molar-refractivity contribution in [3.63, 3.8) is 0 Å². The highest BCUT2D eigenvalue weighted by Gasteiger charge is 2.18. The molecule has 8 heteroatoms. The monoisotopic (exact) mass is 338 g/mol. The van der Waals surface area contributed by atoms with E-state index in [0.717, 1.165) is 10.2 Å². The van der Waals surface area contributed by atoms with E-state index >= 15 is 0 Å². The summed E-state index contributed by atoms with van der Waals surface area (Å²) in [5.41, 5.74) is 0.803. The summed E-state index contributed by atoms with van der Waals surface area (Å²) in [6.45, 7) is 1.80. The molecule has 0 fully saturated rings. The molecular weight excluding hydrogens is 328 g/mol. The number of pyridine rings is 1. The Morgan fingerprint density at radius 1 is 1.50 bits per heavy atom. The van der Waals surface area contributed by atoms with E-state index in [1.54, 1.807) is 26.1 Å². The minimum absolute atomic E-state index is 0.127. The van der Waals surface area contributed by atoms with Crippen LogP contribution < -0.4 is 5.32 Å². The summed E-state index contributed by atoms with van der Waals surface area (Å²) < 4.78 is 2.24. The molecule has 7 nitrogen and oxygen atoms in total. The van der Waals surface area contributed by atoms with Crippen LogP contribution in [0.1, 0.15) is 16.2 Å². The zero-order valence-corrected chi connectivity index (χ0v) is 12.3. The van der Waals surface area contributed by atoms with Crippen molar-refractivity contribution in [1.82, 2.24) is 9.55 Å². The van der Waals surface area contributed by atoms with E-state index in [9.17, 15) is 14.9 Å². The van der Waals surface area contributed by atoms with Crippen molar-refractivity contribution >= 4 is 33.3 Å². The number of halogens is 1. The van der Waals surface area contributed by atoms with Crippen molar-refractivity contribution in [3.05, 3.63) is 50.4 Å². The molecule has 0 aliphatic rings. The Kier molecular flexibility index (Phi) is 3.84. The summed E-state index contributed by atoms with van der Waals surface area (Å²) in [5.74, 6) is -0.0608. The lowest BCUT2D eigenvalue weighted by Crippen LogP contribution is -2.16. The van der Waals surface area contributed by atoms with Gasteiger partial charge in [-0.1, -0.05) is 0 Å². The Hall–Kier alpha value is -2.22. The molecule has 1 N–H and O–H groups in total. The van der Waals surface area contributed by atoms with Crippen LogP contribution in [0.15, 0.2) is 28.9 Å². The number of carbonyl (C=O) groups is 1. The predicted molar refractivity (Wildman–Crippen MR) is 76.7 cm³/mol. The van der Waals surface area contributed by atoms with Gasteiger partial charge in [-0.15, -0.1) is 0 Å². The number of carbonyl (C=O) groups excluding carboxylic acids is 1. The van der Waals surface area contributed by atoms with Gasteiger partial charge in [-0.05, 0) is 35.0 Å². The summed E-state index contributed by atoms with van der Waals surface area (Å²) in [4.78, 5) is 26.4. The second kappa shape index (κ2) is 5.41. The highest BCUT2D eigenvalue weighted by Crippen LogP contribution is 2.18. The van der Waals surface area contributed by atoms with Crippen LogP contribution in [0.25, 0.3) is 0 Å². The third-order valence-corrected chi connectivity index (χ3v) is 3.54. The van der Waals surface area contributed by atoms with Crippen molar-refractivity contribution in [2.45, 2.75) is 6.92 Å². The normalized spacial score (nSPS) is 10.3. The fourth-order valence-electron chi connectivity index (χ4n) is 1.67. The quantitative estimate of drug-likeness (QED) is 0.688. The Morgan fingerprint density at radius 2 is 2.20 bits per heavy atom. The van der Waals surface area contributed by atoms with Crippen LogP contribution in [0.3, 0.4) is 0 Å². The van der Waals surface area contributed by atoms with Crippen LogP contribution in [-0.4, -0.2) is 20.4 Å². The molecule has 0 aliphatic carbocycles. The SMILES string of the molecule is Cc1nc(NC(=O)c2cc([N+](=O)[O-])cn2C)ccc1Br. The Morgan fingerprint density at radius 3 is 2.75 bits per heavy atom. The number of aryl methyl sites for hydroxylation is 2. The van der Waals surface area contributed by atoms with Crippen molar-refractivity contribution in [3.8, 4) is 0 Å². The van der Waals surface area contributed by atoms with Gasteiger partial charge in [0.05, 0.1) is 16.8 Å². The third-order valence-electron chi connectivity index (χ3n) is 2.70. The molecule has 2 aromatic heterocycles. The molecule has 0 unspecified atom stereocenters. The van der Waals surface area contributed by atoms with Gasteiger partial charge in [-0.2, -0.15) is 0 Å². The maximum Gasteiger partial charge on any atom is 0.287 e. The van der Waals surface area contributed by atoms with Crippen LogP contribution in [0.2, 0.25) is 0 Å². The first kappa shape index (κ1) is 14.2. The van der Waals surface area contributed by atoms with Crippen LogP contribution in [0.5, 0.6) is 0 Å². The first-order valence-electron chi connectivity index (χ1n) is 5.63. The molecule has 2 aromatic rings. The van der Waals surface area contributed by atoms with Gasteiger partial charge in [0, 0.05) is 17.6 Å².